The van der Waals surface area contributed by atoms with E-state index in [9.17, 15) is 14.4 Å². The van der Waals surface area contributed by atoms with E-state index in [0.29, 0.717) is 0 Å². The van der Waals surface area contributed by atoms with Crippen molar-refractivity contribution in [3.05, 3.63) is 59.7 Å². The van der Waals surface area contributed by atoms with Crippen molar-refractivity contribution in [1.29, 1.82) is 0 Å². The molecule has 0 saturated carbocycles. The summed E-state index contributed by atoms with van der Waals surface area (Å²) in [7, 11) is 0. The number of nitrogens with one attached hydrogen (secondary N) is 1. The Kier molecular flexibility index (Phi) is 4.73. The van der Waals surface area contributed by atoms with Crippen LogP contribution in [0.5, 0.6) is 0 Å². The first-order valence-corrected chi connectivity index (χ1v) is 9.17. The lowest BCUT2D eigenvalue weighted by Crippen LogP contribution is -2.58. The van der Waals surface area contributed by atoms with Crippen LogP contribution in [-0.2, 0) is 14.3 Å². The molecule has 1 aliphatic carbocycles. The zero-order valence-corrected chi connectivity index (χ0v) is 15.1. The summed E-state index contributed by atoms with van der Waals surface area (Å²) < 4.78 is 5.55. The molecule has 28 heavy (non-hydrogen) atoms. The van der Waals surface area contributed by atoms with Crippen molar-refractivity contribution in [2.75, 3.05) is 19.7 Å². The van der Waals surface area contributed by atoms with Crippen molar-refractivity contribution in [1.82, 2.24) is 10.2 Å². The number of fused-ring (bicyclic) bond motifs is 3. The number of carboxylic acid groups (broad SMARTS) is 1. The first-order valence-electron chi connectivity index (χ1n) is 9.17. The molecule has 2 aliphatic rings. The summed E-state index contributed by atoms with van der Waals surface area (Å²) in [5.74, 6) is -1.70. The number of hydrogen-bond acceptors (Lipinski definition) is 4. The SMILES string of the molecule is O=C(O)CC1C(=O)NCCN1C(=O)OCC1c2ccccc2-c2ccccc21. The van der Waals surface area contributed by atoms with Crippen LogP contribution in [0.4, 0.5) is 4.79 Å². The molecule has 1 aliphatic heterocycles. The van der Waals surface area contributed by atoms with Crippen LogP contribution < -0.4 is 5.32 Å². The molecular weight excluding hydrogens is 360 g/mol. The second-order valence-electron chi connectivity index (χ2n) is 6.90. The molecule has 1 saturated heterocycles. The normalized spacial score (nSPS) is 18.2. The Bertz CT molecular complexity index is 896. The molecule has 7 nitrogen and oxygen atoms in total. The Morgan fingerprint density at radius 3 is 2.29 bits per heavy atom. The molecule has 144 valence electrons. The van der Waals surface area contributed by atoms with Gasteiger partial charge in [0, 0.05) is 19.0 Å². The highest BCUT2D eigenvalue weighted by atomic mass is 16.6. The van der Waals surface area contributed by atoms with Crippen LogP contribution in [0.1, 0.15) is 23.5 Å². The number of carboxylic acids is 1. The van der Waals surface area contributed by atoms with Crippen molar-refractivity contribution < 1.29 is 24.2 Å². The number of piperazine rings is 1. The van der Waals surface area contributed by atoms with Crippen molar-refractivity contribution in [3.8, 4) is 11.1 Å². The average Bonchev–Trinajstić information content (AvgIpc) is 3.01. The molecular formula is C21H20N2O5. The molecule has 7 heteroatoms. The summed E-state index contributed by atoms with van der Waals surface area (Å²) in [6.07, 6.45) is -1.11. The van der Waals surface area contributed by atoms with E-state index in [1.54, 1.807) is 0 Å². The summed E-state index contributed by atoms with van der Waals surface area (Å²) in [6.45, 7) is 0.629. The second-order valence-corrected chi connectivity index (χ2v) is 6.90. The zero-order chi connectivity index (χ0) is 19.7. The second kappa shape index (κ2) is 7.34. The van der Waals surface area contributed by atoms with Crippen LogP contribution in [0.2, 0.25) is 0 Å². The number of nitrogens with zero attached hydrogens (tertiary/aromatic N) is 1. The van der Waals surface area contributed by atoms with E-state index in [-0.39, 0.29) is 25.6 Å². The van der Waals surface area contributed by atoms with Crippen molar-refractivity contribution in [3.63, 3.8) is 0 Å². The van der Waals surface area contributed by atoms with Gasteiger partial charge in [0.25, 0.3) is 0 Å². The number of aliphatic carboxylic acids is 1. The molecule has 2 N–H and O–H groups in total. The number of benzene rings is 2. The number of carbonyl (C=O) groups is 3. The first-order chi connectivity index (χ1) is 13.6. The fourth-order valence-electron chi connectivity index (χ4n) is 3.98. The smallest absolute Gasteiger partial charge is 0.410 e. The molecule has 2 amide bonds. The summed E-state index contributed by atoms with van der Waals surface area (Å²) in [5, 5.41) is 11.6. The number of hydrogen-bond donors (Lipinski definition) is 2. The van der Waals surface area contributed by atoms with Crippen LogP contribution >= 0.6 is 0 Å². The zero-order valence-electron chi connectivity index (χ0n) is 15.1. The number of rotatable bonds is 4. The quantitative estimate of drug-likeness (QED) is 0.848. The first kappa shape index (κ1) is 18.0. The van der Waals surface area contributed by atoms with E-state index < -0.39 is 30.4 Å². The van der Waals surface area contributed by atoms with Gasteiger partial charge in [-0.05, 0) is 22.3 Å². The van der Waals surface area contributed by atoms with Gasteiger partial charge in [0.2, 0.25) is 5.91 Å². The predicted octanol–water partition coefficient (Wildman–Crippen LogP) is 2.21. The van der Waals surface area contributed by atoms with E-state index in [0.717, 1.165) is 22.3 Å². The van der Waals surface area contributed by atoms with Gasteiger partial charge in [-0.1, -0.05) is 48.5 Å². The van der Waals surface area contributed by atoms with Gasteiger partial charge >= 0.3 is 12.1 Å². The molecule has 1 fully saturated rings. The van der Waals surface area contributed by atoms with Crippen LogP contribution in [0, 0.1) is 0 Å². The monoisotopic (exact) mass is 380 g/mol. The van der Waals surface area contributed by atoms with Crippen LogP contribution in [0.15, 0.2) is 48.5 Å². The molecule has 0 spiro atoms. The summed E-state index contributed by atoms with van der Waals surface area (Å²) in [4.78, 5) is 36.9. The molecule has 1 atom stereocenters. The Morgan fingerprint density at radius 1 is 1.07 bits per heavy atom. The van der Waals surface area contributed by atoms with Crippen molar-refractivity contribution in [2.24, 2.45) is 0 Å². The Morgan fingerprint density at radius 2 is 1.68 bits per heavy atom. The third-order valence-electron chi connectivity index (χ3n) is 5.27. The predicted molar refractivity (Wildman–Crippen MR) is 101 cm³/mol. The van der Waals surface area contributed by atoms with Gasteiger partial charge in [-0.3, -0.25) is 14.5 Å². The van der Waals surface area contributed by atoms with Crippen LogP contribution in [-0.4, -0.2) is 53.7 Å². The molecule has 1 unspecified atom stereocenters. The van der Waals surface area contributed by atoms with Gasteiger partial charge in [-0.15, -0.1) is 0 Å². The highest BCUT2D eigenvalue weighted by Gasteiger charge is 2.36. The summed E-state index contributed by atoms with van der Waals surface area (Å²) >= 11 is 0. The van der Waals surface area contributed by atoms with Crippen LogP contribution in [0.3, 0.4) is 0 Å². The Balaban J connectivity index is 1.52. The minimum Gasteiger partial charge on any atom is -0.481 e. The fourth-order valence-corrected chi connectivity index (χ4v) is 3.98. The topological polar surface area (TPSA) is 95.9 Å². The lowest BCUT2D eigenvalue weighted by atomic mass is 9.98. The minimum absolute atomic E-state index is 0.0899. The summed E-state index contributed by atoms with van der Waals surface area (Å²) in [6, 6.07) is 15.0. The molecule has 0 aromatic heterocycles. The Hall–Kier alpha value is -3.35. The highest BCUT2D eigenvalue weighted by Crippen LogP contribution is 2.44. The van der Waals surface area contributed by atoms with Crippen LogP contribution in [0.25, 0.3) is 11.1 Å². The molecule has 4 rings (SSSR count). The van der Waals surface area contributed by atoms with Gasteiger partial charge in [-0.25, -0.2) is 4.79 Å². The molecule has 2 aromatic carbocycles. The van der Waals surface area contributed by atoms with Crippen molar-refractivity contribution >= 4 is 18.0 Å². The average molecular weight is 380 g/mol. The summed E-state index contributed by atoms with van der Waals surface area (Å²) in [5.41, 5.74) is 4.44. The molecule has 1 heterocycles. The third kappa shape index (κ3) is 3.19. The van der Waals surface area contributed by atoms with Gasteiger partial charge in [0.15, 0.2) is 0 Å². The van der Waals surface area contributed by atoms with Gasteiger partial charge < -0.3 is 15.2 Å². The maximum atomic E-state index is 12.6. The Labute approximate surface area is 161 Å². The van der Waals surface area contributed by atoms with E-state index in [1.165, 1.54) is 4.90 Å². The van der Waals surface area contributed by atoms with E-state index in [4.69, 9.17) is 9.84 Å². The minimum atomic E-state index is -1.14. The van der Waals surface area contributed by atoms with E-state index in [1.807, 2.05) is 48.5 Å². The number of ether oxygens (including phenoxy) is 1. The lowest BCUT2D eigenvalue weighted by molar-refractivity contribution is -0.142. The maximum Gasteiger partial charge on any atom is 0.410 e. The third-order valence-corrected chi connectivity index (χ3v) is 5.27. The highest BCUT2D eigenvalue weighted by molar-refractivity contribution is 5.90. The van der Waals surface area contributed by atoms with E-state index in [2.05, 4.69) is 5.32 Å². The molecule has 2 aromatic rings. The standard InChI is InChI=1S/C21H20N2O5/c24-19(25)11-18-20(26)22-9-10-23(18)21(27)28-12-17-15-7-3-1-5-13(15)14-6-2-4-8-16(14)17/h1-8,17-18H,9-12H2,(H,22,26)(H,24,25). The van der Waals surface area contributed by atoms with Crippen molar-refractivity contribution in [2.45, 2.75) is 18.4 Å². The van der Waals surface area contributed by atoms with Gasteiger partial charge in [-0.2, -0.15) is 0 Å². The lowest BCUT2D eigenvalue weighted by Gasteiger charge is -2.33. The maximum absolute atomic E-state index is 12.6. The molecule has 0 bridgehead atoms. The van der Waals surface area contributed by atoms with Gasteiger partial charge in [0.05, 0.1) is 6.42 Å². The fraction of sp³-hybridized carbons (Fsp3) is 0.286. The van der Waals surface area contributed by atoms with E-state index >= 15 is 0 Å². The van der Waals surface area contributed by atoms with Gasteiger partial charge in [0.1, 0.15) is 12.6 Å². The number of amides is 2. The molecule has 0 radical (unpaired) electrons. The number of carbonyl (C=O) groups excluding carboxylic acids is 2. The largest absolute Gasteiger partial charge is 0.481 e.